The molecule has 2 atom stereocenters. The van der Waals surface area contributed by atoms with E-state index in [-0.39, 0.29) is 23.6 Å². The lowest BCUT2D eigenvalue weighted by Crippen LogP contribution is -2.51. The zero-order valence-corrected chi connectivity index (χ0v) is 10.4. The van der Waals surface area contributed by atoms with Gasteiger partial charge in [-0.15, -0.1) is 0 Å². The summed E-state index contributed by atoms with van der Waals surface area (Å²) in [5, 5.41) is 21.7. The third-order valence-corrected chi connectivity index (χ3v) is 3.09. The fourth-order valence-electron chi connectivity index (χ4n) is 2.13. The van der Waals surface area contributed by atoms with Crippen LogP contribution < -0.4 is 14.6 Å². The van der Waals surface area contributed by atoms with Gasteiger partial charge in [-0.05, 0) is 12.5 Å². The van der Waals surface area contributed by atoms with Gasteiger partial charge in [-0.2, -0.15) is 0 Å². The highest BCUT2D eigenvalue weighted by Gasteiger charge is 2.44. The maximum atomic E-state index is 11.1. The molecule has 0 fully saturated rings. The first-order valence-corrected chi connectivity index (χ1v) is 5.74. The number of non-ortho nitro benzene ring substituents is 1. The van der Waals surface area contributed by atoms with E-state index < -0.39 is 22.6 Å². The summed E-state index contributed by atoms with van der Waals surface area (Å²) < 4.78 is 10.9. The van der Waals surface area contributed by atoms with Crippen molar-refractivity contribution in [2.75, 3.05) is 0 Å². The first kappa shape index (κ1) is 13.1. The van der Waals surface area contributed by atoms with Gasteiger partial charge in [0, 0.05) is 13.0 Å². The lowest BCUT2D eigenvalue weighted by atomic mass is 9.97. The predicted molar refractivity (Wildman–Crippen MR) is 61.5 cm³/mol. The second kappa shape index (κ2) is 4.42. The van der Waals surface area contributed by atoms with E-state index in [1.54, 1.807) is 6.92 Å². The van der Waals surface area contributed by atoms with Crippen molar-refractivity contribution in [2.45, 2.75) is 26.1 Å². The van der Waals surface area contributed by atoms with E-state index in [2.05, 4.69) is 0 Å². The minimum absolute atomic E-state index is 0.145. The predicted octanol–water partition coefficient (Wildman–Crippen LogP) is 0.858. The van der Waals surface area contributed by atoms with Gasteiger partial charge < -0.3 is 19.4 Å². The van der Waals surface area contributed by atoms with Crippen LogP contribution in [0.3, 0.4) is 0 Å². The van der Waals surface area contributed by atoms with Crippen LogP contribution in [0.1, 0.15) is 20.3 Å². The quantitative estimate of drug-likeness (QED) is 0.591. The topological polar surface area (TPSA) is 102 Å². The second-order valence-electron chi connectivity index (χ2n) is 4.39. The van der Waals surface area contributed by atoms with Gasteiger partial charge in [0.2, 0.25) is 0 Å². The average Bonchev–Trinajstić information content (AvgIpc) is 2.64. The van der Waals surface area contributed by atoms with E-state index in [0.717, 1.165) is 0 Å². The number of hydrogen-bond acceptors (Lipinski definition) is 6. The molecular weight excluding hydrogens is 254 g/mol. The van der Waals surface area contributed by atoms with Crippen molar-refractivity contribution in [1.29, 1.82) is 0 Å². The van der Waals surface area contributed by atoms with E-state index in [0.29, 0.717) is 0 Å². The molecule has 2 rings (SSSR count). The number of hydrogen-bond donors (Lipinski definition) is 0. The fourth-order valence-corrected chi connectivity index (χ4v) is 2.13. The van der Waals surface area contributed by atoms with E-state index in [9.17, 15) is 20.0 Å². The number of nitro groups is 1. The van der Waals surface area contributed by atoms with Gasteiger partial charge in [0.25, 0.3) is 11.5 Å². The van der Waals surface area contributed by atoms with Crippen LogP contribution in [0.5, 0.6) is 11.5 Å². The van der Waals surface area contributed by atoms with E-state index in [1.807, 2.05) is 0 Å². The van der Waals surface area contributed by atoms with Gasteiger partial charge in [-0.25, -0.2) is 0 Å². The van der Waals surface area contributed by atoms with Gasteiger partial charge in [-0.1, -0.05) is 6.92 Å². The molecule has 0 N–H and O–H groups in total. The summed E-state index contributed by atoms with van der Waals surface area (Å²) in [6, 6.07) is 3.87. The molecule has 7 nitrogen and oxygen atoms in total. The molecule has 1 aromatic rings. The molecule has 0 amide bonds. The molecule has 1 aromatic carbocycles. The Morgan fingerprint density at radius 2 is 2.05 bits per heavy atom. The van der Waals surface area contributed by atoms with E-state index in [1.165, 1.54) is 25.1 Å². The van der Waals surface area contributed by atoms with Crippen LogP contribution in [-0.4, -0.2) is 16.7 Å². The number of aliphatic carboxylic acids is 1. The van der Waals surface area contributed by atoms with Crippen molar-refractivity contribution < 1.29 is 24.3 Å². The summed E-state index contributed by atoms with van der Waals surface area (Å²) in [6.07, 6.45) is 0.259. The minimum Gasteiger partial charge on any atom is -0.550 e. The van der Waals surface area contributed by atoms with Crippen LogP contribution in [0.2, 0.25) is 0 Å². The Morgan fingerprint density at radius 3 is 2.58 bits per heavy atom. The van der Waals surface area contributed by atoms with Crippen molar-refractivity contribution in [3.63, 3.8) is 0 Å². The molecule has 7 heteroatoms. The average molecular weight is 266 g/mol. The number of fused-ring (bicyclic) bond motifs is 1. The highest BCUT2D eigenvalue weighted by Crippen LogP contribution is 2.44. The summed E-state index contributed by atoms with van der Waals surface area (Å²) in [7, 11) is 0. The summed E-state index contributed by atoms with van der Waals surface area (Å²) in [6.45, 7) is 3.15. The number of carboxylic acid groups (broad SMARTS) is 1. The maximum absolute atomic E-state index is 11.1. The third kappa shape index (κ3) is 2.18. The summed E-state index contributed by atoms with van der Waals surface area (Å²) in [5.74, 6) is -3.22. The molecule has 19 heavy (non-hydrogen) atoms. The summed E-state index contributed by atoms with van der Waals surface area (Å²) in [4.78, 5) is 21.2. The third-order valence-electron chi connectivity index (χ3n) is 3.09. The molecule has 0 spiro atoms. The van der Waals surface area contributed by atoms with Gasteiger partial charge >= 0.3 is 0 Å². The number of carbonyl (C=O) groups is 1. The molecule has 102 valence electrons. The van der Waals surface area contributed by atoms with Crippen LogP contribution in [-0.2, 0) is 4.79 Å². The number of nitrogens with zero attached hydrogens (tertiary/aromatic N) is 1. The fraction of sp³-hybridized carbons (Fsp3) is 0.417. The Hall–Kier alpha value is -2.31. The molecule has 0 aromatic heterocycles. The Morgan fingerprint density at radius 1 is 1.42 bits per heavy atom. The Bertz CT molecular complexity index is 543. The molecular formula is C12H12NO6-. The van der Waals surface area contributed by atoms with Crippen molar-refractivity contribution in [3.05, 3.63) is 28.3 Å². The molecule has 2 unspecified atom stereocenters. The van der Waals surface area contributed by atoms with Crippen LogP contribution in [0.15, 0.2) is 18.2 Å². The molecule has 0 bridgehead atoms. The van der Waals surface area contributed by atoms with E-state index >= 15 is 0 Å². The molecule has 0 aliphatic carbocycles. The standard InChI is InChI=1S/C12H13NO6/c1-3-8(11(14)15)12(2)18-9-5-4-7(13(16)17)6-10(9)19-12/h4-6,8H,3H2,1-2H3,(H,14,15)/p-1. The van der Waals surface area contributed by atoms with Crippen molar-refractivity contribution in [3.8, 4) is 11.5 Å². The number of carbonyl (C=O) groups excluding carboxylic acids is 1. The molecule has 0 saturated carbocycles. The van der Waals surface area contributed by atoms with Crippen LogP contribution in [0.25, 0.3) is 0 Å². The second-order valence-corrected chi connectivity index (χ2v) is 4.39. The number of ether oxygens (including phenoxy) is 2. The zero-order chi connectivity index (χ0) is 14.2. The van der Waals surface area contributed by atoms with Gasteiger partial charge in [0.15, 0.2) is 11.5 Å². The van der Waals surface area contributed by atoms with Crippen molar-refractivity contribution in [2.24, 2.45) is 5.92 Å². The molecule has 0 saturated heterocycles. The van der Waals surface area contributed by atoms with Crippen LogP contribution >= 0.6 is 0 Å². The SMILES string of the molecule is CCC(C(=O)[O-])C1(C)Oc2ccc([N+](=O)[O-])cc2O1. The number of benzene rings is 1. The Balaban J connectivity index is 2.33. The van der Waals surface area contributed by atoms with Crippen molar-refractivity contribution >= 4 is 11.7 Å². The number of nitro benzene ring substituents is 1. The Kier molecular flexibility index (Phi) is 3.05. The molecule has 1 aliphatic heterocycles. The minimum atomic E-state index is -1.41. The summed E-state index contributed by atoms with van der Waals surface area (Å²) >= 11 is 0. The highest BCUT2D eigenvalue weighted by atomic mass is 16.7. The summed E-state index contributed by atoms with van der Waals surface area (Å²) in [5.41, 5.74) is -0.145. The van der Waals surface area contributed by atoms with Gasteiger partial charge in [-0.3, -0.25) is 10.1 Å². The largest absolute Gasteiger partial charge is 0.550 e. The van der Waals surface area contributed by atoms with Gasteiger partial charge in [0.1, 0.15) is 0 Å². The number of carboxylic acids is 1. The van der Waals surface area contributed by atoms with Crippen LogP contribution in [0, 0.1) is 16.0 Å². The number of rotatable bonds is 4. The highest BCUT2D eigenvalue weighted by molar-refractivity contribution is 5.69. The first-order chi connectivity index (χ1) is 8.87. The first-order valence-electron chi connectivity index (χ1n) is 5.74. The Labute approximate surface area is 108 Å². The van der Waals surface area contributed by atoms with E-state index in [4.69, 9.17) is 9.47 Å². The van der Waals surface area contributed by atoms with Crippen LogP contribution in [0.4, 0.5) is 5.69 Å². The monoisotopic (exact) mass is 266 g/mol. The zero-order valence-electron chi connectivity index (χ0n) is 10.4. The molecule has 1 heterocycles. The normalized spacial score (nSPS) is 22.0. The maximum Gasteiger partial charge on any atom is 0.273 e. The lowest BCUT2D eigenvalue weighted by molar-refractivity contribution is -0.384. The smallest absolute Gasteiger partial charge is 0.273 e. The van der Waals surface area contributed by atoms with Crippen molar-refractivity contribution in [1.82, 2.24) is 0 Å². The molecule has 1 aliphatic rings. The lowest BCUT2D eigenvalue weighted by Gasteiger charge is -2.32. The van der Waals surface area contributed by atoms with Gasteiger partial charge in [0.05, 0.1) is 22.9 Å². The molecule has 0 radical (unpaired) electrons.